The Morgan fingerprint density at radius 2 is 1.91 bits per heavy atom. The van der Waals surface area contributed by atoms with E-state index in [4.69, 9.17) is 17.2 Å². The van der Waals surface area contributed by atoms with Crippen molar-refractivity contribution in [2.75, 3.05) is 10.6 Å². The van der Waals surface area contributed by atoms with Gasteiger partial charge in [-0.2, -0.15) is 0 Å². The van der Waals surface area contributed by atoms with E-state index in [2.05, 4.69) is 42.3 Å². The first-order chi connectivity index (χ1) is 14.8. The fraction of sp³-hybridized carbons (Fsp3) is 0.478. The molecule has 0 radical (unpaired) electrons. The molecule has 3 rings (SSSR count). The molecular formula is C23H33FN5O2S+. The highest BCUT2D eigenvalue weighted by Gasteiger charge is 2.62. The number of amides is 2. The van der Waals surface area contributed by atoms with Crippen LogP contribution in [0.1, 0.15) is 44.0 Å². The maximum absolute atomic E-state index is 15.0. The van der Waals surface area contributed by atoms with Crippen molar-refractivity contribution in [3.05, 3.63) is 47.8 Å². The average Bonchev–Trinajstić information content (AvgIpc) is 3.38. The molecule has 174 valence electrons. The fourth-order valence-electron chi connectivity index (χ4n) is 4.47. The van der Waals surface area contributed by atoms with Crippen molar-refractivity contribution in [3.63, 3.8) is 0 Å². The minimum absolute atomic E-state index is 0.000530. The number of carbonyl (C=O) groups excluding carboxylic acids is 2. The summed E-state index contributed by atoms with van der Waals surface area (Å²) < 4.78 is 15.0. The quantitative estimate of drug-likeness (QED) is 0.357. The third kappa shape index (κ3) is 5.10. The second-order valence-corrected chi connectivity index (χ2v) is 10.3. The zero-order valence-electron chi connectivity index (χ0n) is 18.6. The molecule has 7 nitrogen and oxygen atoms in total. The number of hydrogen-bond acceptors (Lipinski definition) is 5. The Morgan fingerprint density at radius 1 is 1.25 bits per heavy atom. The summed E-state index contributed by atoms with van der Waals surface area (Å²) in [5.74, 6) is -1.71. The normalized spacial score (nSPS) is 27.6. The lowest BCUT2D eigenvalue weighted by Gasteiger charge is -2.26. The number of benzene rings is 1. The molecule has 32 heavy (non-hydrogen) atoms. The number of carbonyl (C=O) groups is 2. The van der Waals surface area contributed by atoms with Crippen molar-refractivity contribution >= 4 is 35.8 Å². The monoisotopic (exact) mass is 462 g/mol. The maximum atomic E-state index is 15.0. The Balaban J connectivity index is 1.90. The first-order valence-electron chi connectivity index (χ1n) is 10.7. The zero-order chi connectivity index (χ0) is 23.8. The molecule has 2 aliphatic carbocycles. The Kier molecular flexibility index (Phi) is 6.62. The van der Waals surface area contributed by atoms with E-state index in [1.54, 1.807) is 0 Å². The van der Waals surface area contributed by atoms with Gasteiger partial charge in [0.25, 0.3) is 5.91 Å². The Labute approximate surface area is 193 Å². The Morgan fingerprint density at radius 3 is 2.47 bits per heavy atom. The highest BCUT2D eigenvalue weighted by molar-refractivity contribution is 7.59. The summed E-state index contributed by atoms with van der Waals surface area (Å²) in [5.41, 5.74) is 16.2. The molecule has 2 aliphatic rings. The molecule has 0 spiro atoms. The van der Waals surface area contributed by atoms with Gasteiger partial charge in [0.2, 0.25) is 5.91 Å². The average molecular weight is 463 g/mol. The molecule has 3 unspecified atom stereocenters. The predicted octanol–water partition coefficient (Wildman–Crippen LogP) is 1.84. The van der Waals surface area contributed by atoms with Gasteiger partial charge in [0.15, 0.2) is 5.37 Å². The van der Waals surface area contributed by atoms with Gasteiger partial charge in [-0.3, -0.25) is 9.59 Å². The molecule has 1 aromatic rings. The van der Waals surface area contributed by atoms with E-state index in [1.165, 1.54) is 6.07 Å². The van der Waals surface area contributed by atoms with E-state index in [9.17, 15) is 14.0 Å². The third-order valence-corrected chi connectivity index (χ3v) is 6.52. The van der Waals surface area contributed by atoms with Crippen LogP contribution in [0.4, 0.5) is 15.8 Å². The highest BCUT2D eigenvalue weighted by Crippen LogP contribution is 2.54. The van der Waals surface area contributed by atoms with Crippen molar-refractivity contribution in [2.24, 2.45) is 35.0 Å². The van der Waals surface area contributed by atoms with Gasteiger partial charge in [-0.15, -0.1) is 0 Å². The number of hydrogen-bond donors (Lipinski definition) is 5. The van der Waals surface area contributed by atoms with Crippen molar-refractivity contribution in [3.8, 4) is 0 Å². The second kappa shape index (κ2) is 8.78. The Bertz CT molecular complexity index is 974. The molecule has 1 saturated carbocycles. The molecule has 5 atom stereocenters. The van der Waals surface area contributed by atoms with Crippen LogP contribution in [0.2, 0.25) is 0 Å². The van der Waals surface area contributed by atoms with Crippen LogP contribution in [0.3, 0.4) is 0 Å². The van der Waals surface area contributed by atoms with Crippen LogP contribution in [-0.2, 0) is 17.4 Å². The summed E-state index contributed by atoms with van der Waals surface area (Å²) >= 11 is 3.55. The van der Waals surface area contributed by atoms with Crippen molar-refractivity contribution in [1.82, 2.24) is 0 Å². The minimum Gasteiger partial charge on any atom is -0.369 e. The smallest absolute Gasteiger partial charge is 0.250 e. The lowest BCUT2D eigenvalue weighted by atomic mass is 9.84. The topological polar surface area (TPSA) is 136 Å². The molecule has 8 N–H and O–H groups in total. The first kappa shape index (κ1) is 24.1. The lowest BCUT2D eigenvalue weighted by molar-refractivity contribution is -0.120. The van der Waals surface area contributed by atoms with Crippen LogP contribution in [0, 0.1) is 23.6 Å². The maximum Gasteiger partial charge on any atom is 0.250 e. The predicted molar refractivity (Wildman–Crippen MR) is 130 cm³/mol. The molecule has 1 fully saturated rings. The molecule has 9 heteroatoms. The molecule has 0 aliphatic heterocycles. The summed E-state index contributed by atoms with van der Waals surface area (Å²) in [4.78, 5) is 24.4. The van der Waals surface area contributed by atoms with E-state index >= 15 is 0 Å². The van der Waals surface area contributed by atoms with Crippen molar-refractivity contribution < 1.29 is 14.0 Å². The zero-order valence-corrected chi connectivity index (χ0v) is 19.6. The van der Waals surface area contributed by atoms with Crippen LogP contribution < -0.4 is 27.8 Å². The van der Waals surface area contributed by atoms with Crippen LogP contribution in [0.15, 0.2) is 36.4 Å². The summed E-state index contributed by atoms with van der Waals surface area (Å²) in [6, 6.07) is 2.52. The van der Waals surface area contributed by atoms with Gasteiger partial charge < -0.3 is 27.8 Å². The van der Waals surface area contributed by atoms with Crippen LogP contribution >= 0.6 is 0 Å². The fourth-order valence-corrected chi connectivity index (χ4v) is 5.16. The lowest BCUT2D eigenvalue weighted by Crippen LogP contribution is -2.42. The van der Waals surface area contributed by atoms with E-state index in [0.717, 1.165) is 6.07 Å². The highest BCUT2D eigenvalue weighted by atomic mass is 32.1. The number of anilines is 2. The summed E-state index contributed by atoms with van der Waals surface area (Å²) in [7, 11) is 0. The second-order valence-electron chi connectivity index (χ2n) is 9.61. The van der Waals surface area contributed by atoms with Gasteiger partial charge >= 0.3 is 0 Å². The van der Waals surface area contributed by atoms with E-state index < -0.39 is 28.7 Å². The van der Waals surface area contributed by atoms with Crippen LogP contribution in [0.5, 0.6) is 0 Å². The first-order valence-corrected chi connectivity index (χ1v) is 11.2. The number of primary amides is 2. The largest absolute Gasteiger partial charge is 0.369 e. The molecule has 0 heterocycles. The number of rotatable bonds is 9. The molecular weight excluding hydrogens is 429 g/mol. The molecule has 0 saturated heterocycles. The number of halogens is 1. The van der Waals surface area contributed by atoms with Crippen LogP contribution in [0.25, 0.3) is 0 Å². The SMILES string of the molecule is CC1C=CC=CC1[C@H]1C[C@@]1(Nc1cc(NC([SH2+])CC(C)(C)N)c(C(N)=O)cc1F)C(N)=O. The van der Waals surface area contributed by atoms with E-state index in [-0.39, 0.29) is 34.4 Å². The van der Waals surface area contributed by atoms with Crippen molar-refractivity contribution in [1.29, 1.82) is 0 Å². The summed E-state index contributed by atoms with van der Waals surface area (Å²) in [6.45, 7) is 5.82. The van der Waals surface area contributed by atoms with Gasteiger partial charge in [-0.05, 0) is 56.9 Å². The summed E-state index contributed by atoms with van der Waals surface area (Å²) in [6.07, 6.45) is 9.08. The van der Waals surface area contributed by atoms with Gasteiger partial charge in [0, 0.05) is 17.9 Å². The van der Waals surface area contributed by atoms with Gasteiger partial charge in [-0.1, -0.05) is 31.2 Å². The minimum atomic E-state index is -1.06. The summed E-state index contributed by atoms with van der Waals surface area (Å²) in [5, 5.41) is 5.87. The Hall–Kier alpha value is -2.52. The number of allylic oxidation sites excluding steroid dienone is 4. The number of nitrogens with two attached hydrogens (primary N) is 3. The van der Waals surface area contributed by atoms with Gasteiger partial charge in [0.1, 0.15) is 11.4 Å². The molecule has 2 amide bonds. The standard InChI is InChI=1S/C23H32FN5O2S/c1-12-6-4-5-7-13(12)15-10-23(15,21(26)31)29-18-9-17(14(20(25)30)8-16(18)24)28-19(32)11-22(2,3)27/h4-9,12-13,15,19,28-29,32H,10-11,27H2,1-3H3,(H2,25,30)(H2,26,31)/p+1/t12?,13?,15-,19?,23+/m1/s1. The van der Waals surface area contributed by atoms with Crippen LogP contribution in [-0.4, -0.2) is 28.3 Å². The molecule has 0 aromatic heterocycles. The van der Waals surface area contributed by atoms with Crippen molar-refractivity contribution in [2.45, 2.75) is 50.1 Å². The molecule has 0 bridgehead atoms. The van der Waals surface area contributed by atoms with E-state index in [0.29, 0.717) is 18.5 Å². The third-order valence-electron chi connectivity index (χ3n) is 6.18. The van der Waals surface area contributed by atoms with Gasteiger partial charge in [-0.25, -0.2) is 4.39 Å². The molecule has 1 aromatic carbocycles. The van der Waals surface area contributed by atoms with Gasteiger partial charge in [0.05, 0.1) is 16.9 Å². The van der Waals surface area contributed by atoms with E-state index in [1.807, 2.05) is 26.0 Å². The number of nitrogens with one attached hydrogen (secondary N) is 2.